The number of aromatic nitrogens is 3. The number of hydrogen-bond donors (Lipinski definition) is 1. The zero-order valence-electron chi connectivity index (χ0n) is 9.46. The normalized spacial score (nSPS) is 10.9. The van der Waals surface area contributed by atoms with Crippen LogP contribution >= 0.6 is 0 Å². The highest BCUT2D eigenvalue weighted by molar-refractivity contribution is 5.76. The van der Waals surface area contributed by atoms with E-state index in [0.29, 0.717) is 5.82 Å². The van der Waals surface area contributed by atoms with Crippen LogP contribution in [0.25, 0.3) is 16.6 Å². The molecule has 84 valence electrons. The summed E-state index contributed by atoms with van der Waals surface area (Å²) in [4.78, 5) is 8.11. The molecule has 4 nitrogen and oxygen atoms in total. The summed E-state index contributed by atoms with van der Waals surface area (Å²) in [5, 5.41) is 0. The van der Waals surface area contributed by atoms with Gasteiger partial charge in [-0.3, -0.25) is 4.98 Å². The average molecular weight is 224 g/mol. The molecular weight excluding hydrogens is 212 g/mol. The van der Waals surface area contributed by atoms with Crippen molar-refractivity contribution in [2.75, 3.05) is 5.73 Å². The smallest absolute Gasteiger partial charge is 0.127 e. The van der Waals surface area contributed by atoms with Crippen LogP contribution in [-0.4, -0.2) is 14.4 Å². The van der Waals surface area contributed by atoms with Crippen LogP contribution in [0, 0.1) is 6.92 Å². The Bertz CT molecular complexity index is 670. The fourth-order valence-corrected chi connectivity index (χ4v) is 2.04. The Balaban J connectivity index is 2.28. The molecule has 0 fully saturated rings. The molecule has 0 saturated heterocycles. The second-order valence-electron chi connectivity index (χ2n) is 4.01. The van der Waals surface area contributed by atoms with Crippen LogP contribution in [0.15, 0.2) is 43.1 Å². The average Bonchev–Trinajstić information content (AvgIpc) is 2.68. The van der Waals surface area contributed by atoms with Crippen molar-refractivity contribution in [1.29, 1.82) is 0 Å². The lowest BCUT2D eigenvalue weighted by Crippen LogP contribution is -1.92. The molecule has 0 bridgehead atoms. The third-order valence-electron chi connectivity index (χ3n) is 2.94. The number of rotatable bonds is 1. The molecule has 0 atom stereocenters. The van der Waals surface area contributed by atoms with E-state index in [1.54, 1.807) is 18.7 Å². The van der Waals surface area contributed by atoms with Crippen molar-refractivity contribution in [3.05, 3.63) is 48.7 Å². The molecule has 0 aromatic carbocycles. The first-order valence-corrected chi connectivity index (χ1v) is 5.39. The lowest BCUT2D eigenvalue weighted by atomic mass is 10.1. The van der Waals surface area contributed by atoms with Crippen LogP contribution in [0.5, 0.6) is 0 Å². The monoisotopic (exact) mass is 224 g/mol. The highest BCUT2D eigenvalue weighted by Crippen LogP contribution is 2.27. The molecule has 0 aliphatic carbocycles. The van der Waals surface area contributed by atoms with Gasteiger partial charge < -0.3 is 10.1 Å². The van der Waals surface area contributed by atoms with E-state index in [2.05, 4.69) is 23.1 Å². The van der Waals surface area contributed by atoms with Crippen LogP contribution in [0.1, 0.15) is 5.56 Å². The molecule has 3 heterocycles. The van der Waals surface area contributed by atoms with Crippen molar-refractivity contribution in [3.8, 4) is 11.1 Å². The van der Waals surface area contributed by atoms with E-state index in [-0.39, 0.29) is 0 Å². The Kier molecular flexibility index (Phi) is 2.08. The minimum atomic E-state index is 0.542. The molecule has 3 aromatic rings. The first-order valence-electron chi connectivity index (χ1n) is 5.39. The zero-order chi connectivity index (χ0) is 11.8. The molecular formula is C13H12N4. The van der Waals surface area contributed by atoms with Gasteiger partial charge in [-0.25, -0.2) is 4.98 Å². The van der Waals surface area contributed by atoms with Crippen molar-refractivity contribution in [2.24, 2.45) is 0 Å². The van der Waals surface area contributed by atoms with Crippen LogP contribution in [0.2, 0.25) is 0 Å². The summed E-state index contributed by atoms with van der Waals surface area (Å²) >= 11 is 0. The Morgan fingerprint density at radius 3 is 2.76 bits per heavy atom. The first-order chi connectivity index (χ1) is 8.25. The van der Waals surface area contributed by atoms with Gasteiger partial charge in [0.05, 0.1) is 5.52 Å². The maximum absolute atomic E-state index is 5.71. The third kappa shape index (κ3) is 1.54. The second-order valence-corrected chi connectivity index (χ2v) is 4.01. The number of fused-ring (bicyclic) bond motifs is 1. The molecule has 17 heavy (non-hydrogen) atoms. The Morgan fingerprint density at radius 2 is 2.00 bits per heavy atom. The molecule has 0 aliphatic heterocycles. The maximum atomic E-state index is 5.71. The van der Waals surface area contributed by atoms with Crippen molar-refractivity contribution in [2.45, 2.75) is 6.92 Å². The van der Waals surface area contributed by atoms with E-state index in [1.165, 1.54) is 11.1 Å². The van der Waals surface area contributed by atoms with E-state index in [9.17, 15) is 0 Å². The van der Waals surface area contributed by atoms with E-state index < -0.39 is 0 Å². The second kappa shape index (κ2) is 3.59. The lowest BCUT2D eigenvalue weighted by molar-refractivity contribution is 1.10. The molecule has 4 heteroatoms. The zero-order valence-corrected chi connectivity index (χ0v) is 9.46. The molecule has 3 rings (SSSR count). The fourth-order valence-electron chi connectivity index (χ4n) is 2.04. The standard InChI is InChI=1S/C13H12N4/c1-9-11(10-2-4-15-5-3-10)7-17-8-16-13(14)6-12(9)17/h2-8H,14H2,1H3. The number of nitrogens with two attached hydrogens (primary N) is 1. The van der Waals surface area contributed by atoms with Crippen molar-refractivity contribution < 1.29 is 0 Å². The number of nitrogens with zero attached hydrogens (tertiary/aromatic N) is 3. The molecule has 3 aromatic heterocycles. The van der Waals surface area contributed by atoms with Gasteiger partial charge in [-0.05, 0) is 30.2 Å². The maximum Gasteiger partial charge on any atom is 0.127 e. The van der Waals surface area contributed by atoms with Gasteiger partial charge in [-0.2, -0.15) is 0 Å². The van der Waals surface area contributed by atoms with E-state index in [1.807, 2.05) is 22.6 Å². The predicted molar refractivity (Wildman–Crippen MR) is 67.6 cm³/mol. The van der Waals surface area contributed by atoms with Gasteiger partial charge in [-0.1, -0.05) is 0 Å². The molecule has 0 unspecified atom stereocenters. The molecule has 0 saturated carbocycles. The van der Waals surface area contributed by atoms with Gasteiger partial charge in [0.2, 0.25) is 0 Å². The predicted octanol–water partition coefficient (Wildman–Crippen LogP) is 2.29. The number of nitrogen functional groups attached to an aromatic ring is 1. The summed E-state index contributed by atoms with van der Waals surface area (Å²) in [6.45, 7) is 2.09. The quantitative estimate of drug-likeness (QED) is 0.690. The van der Waals surface area contributed by atoms with Crippen molar-refractivity contribution >= 4 is 11.3 Å². The van der Waals surface area contributed by atoms with Gasteiger partial charge in [-0.15, -0.1) is 0 Å². The minimum Gasteiger partial charge on any atom is -0.384 e. The first kappa shape index (κ1) is 9.84. The summed E-state index contributed by atoms with van der Waals surface area (Å²) in [5.74, 6) is 0.542. The molecule has 0 aliphatic rings. The van der Waals surface area contributed by atoms with Crippen molar-refractivity contribution in [3.63, 3.8) is 0 Å². The van der Waals surface area contributed by atoms with Gasteiger partial charge in [0.15, 0.2) is 0 Å². The summed E-state index contributed by atoms with van der Waals surface area (Å²) in [7, 11) is 0. The third-order valence-corrected chi connectivity index (χ3v) is 2.94. The van der Waals surface area contributed by atoms with Crippen molar-refractivity contribution in [1.82, 2.24) is 14.4 Å². The lowest BCUT2D eigenvalue weighted by Gasteiger charge is -1.98. The van der Waals surface area contributed by atoms with Crippen LogP contribution in [0.3, 0.4) is 0 Å². The Morgan fingerprint density at radius 1 is 1.24 bits per heavy atom. The number of anilines is 1. The minimum absolute atomic E-state index is 0.542. The number of pyridine rings is 1. The molecule has 0 spiro atoms. The van der Waals surface area contributed by atoms with Gasteiger partial charge in [0, 0.05) is 30.2 Å². The number of aryl methyl sites for hydroxylation is 1. The number of hydrogen-bond acceptors (Lipinski definition) is 3. The Labute approximate surface area is 98.8 Å². The molecule has 0 radical (unpaired) electrons. The fraction of sp³-hybridized carbons (Fsp3) is 0.0769. The molecule has 2 N–H and O–H groups in total. The van der Waals surface area contributed by atoms with Gasteiger partial charge in [0.1, 0.15) is 12.1 Å². The SMILES string of the molecule is Cc1c(-c2ccncc2)cn2cnc(N)cc12. The van der Waals surface area contributed by atoms with Gasteiger partial charge >= 0.3 is 0 Å². The summed E-state index contributed by atoms with van der Waals surface area (Å²) in [6.07, 6.45) is 7.39. The largest absolute Gasteiger partial charge is 0.384 e. The Hall–Kier alpha value is -2.36. The van der Waals surface area contributed by atoms with E-state index in [4.69, 9.17) is 5.73 Å². The topological polar surface area (TPSA) is 56.2 Å². The highest BCUT2D eigenvalue weighted by atomic mass is 15.0. The van der Waals surface area contributed by atoms with E-state index in [0.717, 1.165) is 11.1 Å². The van der Waals surface area contributed by atoms with Gasteiger partial charge in [0.25, 0.3) is 0 Å². The summed E-state index contributed by atoms with van der Waals surface area (Å²) in [6, 6.07) is 5.89. The van der Waals surface area contributed by atoms with Crippen LogP contribution < -0.4 is 5.73 Å². The highest BCUT2D eigenvalue weighted by Gasteiger charge is 2.08. The summed E-state index contributed by atoms with van der Waals surface area (Å²) in [5.41, 5.74) is 10.3. The summed E-state index contributed by atoms with van der Waals surface area (Å²) < 4.78 is 1.99. The van der Waals surface area contributed by atoms with Crippen LogP contribution in [0.4, 0.5) is 5.82 Å². The van der Waals surface area contributed by atoms with Crippen LogP contribution in [-0.2, 0) is 0 Å². The van der Waals surface area contributed by atoms with E-state index >= 15 is 0 Å². The molecule has 0 amide bonds.